The Bertz CT molecular complexity index is 873. The number of amides is 1. The van der Waals surface area contributed by atoms with Crippen LogP contribution < -0.4 is 5.32 Å². The highest BCUT2D eigenvalue weighted by Gasteiger charge is 2.35. The van der Waals surface area contributed by atoms with E-state index in [2.05, 4.69) is 9.71 Å². The molecule has 3 rings (SSSR count). The monoisotopic (exact) mass is 393 g/mol. The zero-order valence-corrected chi connectivity index (χ0v) is 15.9. The van der Waals surface area contributed by atoms with Crippen molar-refractivity contribution in [3.8, 4) is 0 Å². The quantitative estimate of drug-likeness (QED) is 0.777. The first-order chi connectivity index (χ1) is 12.8. The van der Waals surface area contributed by atoms with Gasteiger partial charge in [-0.25, -0.2) is 4.79 Å². The summed E-state index contributed by atoms with van der Waals surface area (Å²) >= 11 is 0. The van der Waals surface area contributed by atoms with Crippen molar-refractivity contribution in [1.82, 2.24) is 10.2 Å². The van der Waals surface area contributed by atoms with E-state index in [4.69, 9.17) is 0 Å². The lowest BCUT2D eigenvalue weighted by molar-refractivity contribution is -0.142. The largest absolute Gasteiger partial charge is 0.480 e. The first kappa shape index (κ1) is 19.3. The number of likely N-dealkylation sites (tertiary alicyclic amines) is 1. The summed E-state index contributed by atoms with van der Waals surface area (Å²) in [5.41, 5.74) is 0.592. The van der Waals surface area contributed by atoms with Gasteiger partial charge in [-0.05, 0) is 31.4 Å². The van der Waals surface area contributed by atoms with Gasteiger partial charge in [0.15, 0.2) is 5.84 Å². The van der Waals surface area contributed by atoms with Gasteiger partial charge in [0, 0.05) is 24.6 Å². The minimum atomic E-state index is -3.66. The van der Waals surface area contributed by atoms with E-state index in [1.807, 2.05) is 11.8 Å². The number of carboxylic acids is 1. The number of hydrogen-bond acceptors (Lipinski definition) is 5. The molecule has 2 aliphatic heterocycles. The van der Waals surface area contributed by atoms with Crippen LogP contribution in [0, 0.1) is 5.92 Å². The summed E-state index contributed by atoms with van der Waals surface area (Å²) in [7, 11) is -3.66. The Hall–Kier alpha value is -2.42. The average molecular weight is 393 g/mol. The van der Waals surface area contributed by atoms with Gasteiger partial charge in [-0.3, -0.25) is 4.79 Å². The van der Waals surface area contributed by atoms with E-state index in [9.17, 15) is 23.1 Å². The van der Waals surface area contributed by atoms with Crippen LogP contribution in [0.4, 0.5) is 0 Å². The number of sulfonamides is 1. The second-order valence-corrected chi connectivity index (χ2v) is 8.41. The standard InChI is InChI=1S/C18H23N3O5S/c1-2-5-14(18(23)24)19-17(22)12-8-10-21(11-9-12)16-13-6-3-4-7-15(13)27(25,26)20-16/h3-4,6-7,12,14H,2,5,8-11H2,1H3,(H,19,22)(H,23,24). The van der Waals surface area contributed by atoms with E-state index in [1.165, 1.54) is 0 Å². The first-order valence-corrected chi connectivity index (χ1v) is 10.5. The highest BCUT2D eigenvalue weighted by Crippen LogP contribution is 2.29. The Morgan fingerprint density at radius 3 is 2.59 bits per heavy atom. The number of hydrogen-bond donors (Lipinski definition) is 2. The van der Waals surface area contributed by atoms with Gasteiger partial charge in [0.25, 0.3) is 10.0 Å². The molecule has 1 aromatic rings. The van der Waals surface area contributed by atoms with E-state index >= 15 is 0 Å². The Morgan fingerprint density at radius 1 is 1.30 bits per heavy atom. The fourth-order valence-corrected chi connectivity index (χ4v) is 4.73. The lowest BCUT2D eigenvalue weighted by Gasteiger charge is -2.33. The molecule has 1 atom stereocenters. The van der Waals surface area contributed by atoms with Crippen LogP contribution in [-0.4, -0.2) is 55.3 Å². The molecule has 1 unspecified atom stereocenters. The number of piperidine rings is 1. The van der Waals surface area contributed by atoms with Gasteiger partial charge >= 0.3 is 5.97 Å². The molecule has 0 aromatic heterocycles. The Labute approximate surface area is 158 Å². The molecular formula is C18H23N3O5S. The third-order valence-corrected chi connectivity index (χ3v) is 6.29. The summed E-state index contributed by atoms with van der Waals surface area (Å²) < 4.78 is 28.3. The molecule has 0 radical (unpaired) electrons. The number of carbonyl (C=O) groups excluding carboxylic acids is 1. The lowest BCUT2D eigenvalue weighted by Crippen LogP contribution is -2.47. The van der Waals surface area contributed by atoms with Crippen molar-refractivity contribution in [3.05, 3.63) is 29.8 Å². The maximum absolute atomic E-state index is 12.4. The number of nitrogens with one attached hydrogen (secondary N) is 1. The van der Waals surface area contributed by atoms with Crippen LogP contribution in [0.5, 0.6) is 0 Å². The van der Waals surface area contributed by atoms with Crippen LogP contribution >= 0.6 is 0 Å². The summed E-state index contributed by atoms with van der Waals surface area (Å²) in [6.45, 7) is 2.85. The molecule has 146 valence electrons. The summed E-state index contributed by atoms with van der Waals surface area (Å²) in [6.07, 6.45) is 2.10. The second kappa shape index (κ2) is 7.67. The average Bonchev–Trinajstić information content (AvgIpc) is 2.93. The van der Waals surface area contributed by atoms with E-state index < -0.39 is 22.0 Å². The molecule has 1 saturated heterocycles. The smallest absolute Gasteiger partial charge is 0.326 e. The highest BCUT2D eigenvalue weighted by molar-refractivity contribution is 7.90. The van der Waals surface area contributed by atoms with Gasteiger partial charge in [0.2, 0.25) is 5.91 Å². The zero-order valence-electron chi connectivity index (χ0n) is 15.1. The summed E-state index contributed by atoms with van der Waals surface area (Å²) in [6, 6.07) is 5.85. The zero-order chi connectivity index (χ0) is 19.6. The van der Waals surface area contributed by atoms with Gasteiger partial charge in [0.05, 0.1) is 0 Å². The molecule has 1 amide bonds. The molecule has 0 saturated carbocycles. The molecular weight excluding hydrogens is 370 g/mol. The number of benzene rings is 1. The molecule has 2 heterocycles. The van der Waals surface area contributed by atoms with Crippen molar-refractivity contribution in [1.29, 1.82) is 0 Å². The minimum absolute atomic E-state index is 0.212. The predicted octanol–water partition coefficient (Wildman–Crippen LogP) is 1.22. The second-order valence-electron chi connectivity index (χ2n) is 6.84. The maximum Gasteiger partial charge on any atom is 0.326 e. The fraction of sp³-hybridized carbons (Fsp3) is 0.500. The van der Waals surface area contributed by atoms with E-state index in [0.29, 0.717) is 50.2 Å². The summed E-state index contributed by atoms with van der Waals surface area (Å²) in [5.74, 6) is -1.13. The van der Waals surface area contributed by atoms with Crippen LogP contribution in [0.25, 0.3) is 0 Å². The van der Waals surface area contributed by atoms with Crippen LogP contribution in [0.2, 0.25) is 0 Å². The number of nitrogens with zero attached hydrogens (tertiary/aromatic N) is 2. The lowest BCUT2D eigenvalue weighted by atomic mass is 9.94. The molecule has 27 heavy (non-hydrogen) atoms. The third-order valence-electron chi connectivity index (χ3n) is 4.97. The van der Waals surface area contributed by atoms with Crippen LogP contribution in [0.15, 0.2) is 33.6 Å². The molecule has 1 aromatic carbocycles. The molecule has 2 aliphatic rings. The van der Waals surface area contributed by atoms with Crippen LogP contribution in [-0.2, 0) is 19.6 Å². The summed E-state index contributed by atoms with van der Waals surface area (Å²) in [5, 5.41) is 11.8. The Morgan fingerprint density at radius 2 is 1.96 bits per heavy atom. The Kier molecular flexibility index (Phi) is 5.50. The van der Waals surface area contributed by atoms with E-state index in [1.54, 1.807) is 24.3 Å². The van der Waals surface area contributed by atoms with Gasteiger partial charge in [-0.2, -0.15) is 8.42 Å². The van der Waals surface area contributed by atoms with Crippen LogP contribution in [0.3, 0.4) is 0 Å². The van der Waals surface area contributed by atoms with Gasteiger partial charge in [-0.1, -0.05) is 25.5 Å². The maximum atomic E-state index is 12.4. The highest BCUT2D eigenvalue weighted by atomic mass is 32.2. The number of aliphatic carboxylic acids is 1. The van der Waals surface area contributed by atoms with Gasteiger partial charge in [0.1, 0.15) is 10.9 Å². The van der Waals surface area contributed by atoms with Crippen molar-refractivity contribution in [3.63, 3.8) is 0 Å². The number of carbonyl (C=O) groups is 2. The van der Waals surface area contributed by atoms with Crippen LogP contribution in [0.1, 0.15) is 38.2 Å². The van der Waals surface area contributed by atoms with E-state index in [-0.39, 0.29) is 16.7 Å². The van der Waals surface area contributed by atoms with Gasteiger partial charge in [-0.15, -0.1) is 4.40 Å². The van der Waals surface area contributed by atoms with Crippen molar-refractivity contribution in [2.45, 2.75) is 43.5 Å². The Balaban J connectivity index is 1.65. The molecule has 2 N–H and O–H groups in total. The van der Waals surface area contributed by atoms with Crippen molar-refractivity contribution < 1.29 is 23.1 Å². The number of rotatable bonds is 5. The summed E-state index contributed by atoms with van der Waals surface area (Å²) in [4.78, 5) is 25.7. The molecule has 9 heteroatoms. The SMILES string of the molecule is CCCC(NC(=O)C1CCN(C2=NS(=O)(=O)c3ccccc32)CC1)C(=O)O. The first-order valence-electron chi connectivity index (χ1n) is 9.06. The number of carboxylic acid groups (broad SMARTS) is 1. The molecule has 8 nitrogen and oxygen atoms in total. The normalized spacial score (nSPS) is 19.9. The minimum Gasteiger partial charge on any atom is -0.480 e. The predicted molar refractivity (Wildman–Crippen MR) is 98.9 cm³/mol. The van der Waals surface area contributed by atoms with Crippen molar-refractivity contribution in [2.24, 2.45) is 10.3 Å². The molecule has 0 aliphatic carbocycles. The molecule has 0 bridgehead atoms. The number of fused-ring (bicyclic) bond motifs is 1. The number of amidine groups is 1. The van der Waals surface area contributed by atoms with Crippen molar-refractivity contribution in [2.75, 3.05) is 13.1 Å². The third kappa shape index (κ3) is 3.97. The topological polar surface area (TPSA) is 116 Å². The fourth-order valence-electron chi connectivity index (χ4n) is 3.51. The van der Waals surface area contributed by atoms with Crippen molar-refractivity contribution >= 4 is 27.7 Å². The molecule has 0 spiro atoms. The molecule has 1 fully saturated rings. The van der Waals surface area contributed by atoms with Gasteiger partial charge < -0.3 is 15.3 Å². The van der Waals surface area contributed by atoms with E-state index in [0.717, 1.165) is 0 Å².